The minimum Gasteiger partial charge on any atom is -0.494 e. The van der Waals surface area contributed by atoms with Crippen molar-refractivity contribution in [3.63, 3.8) is 0 Å². The minimum atomic E-state index is 0.0563. The van der Waals surface area contributed by atoms with Gasteiger partial charge in [-0.2, -0.15) is 5.10 Å². The highest BCUT2D eigenvalue weighted by Crippen LogP contribution is 2.19. The maximum atomic E-state index is 9.99. The van der Waals surface area contributed by atoms with Gasteiger partial charge < -0.3 is 9.64 Å². The molecule has 0 radical (unpaired) electrons. The van der Waals surface area contributed by atoms with Crippen LogP contribution in [0.15, 0.2) is 46.7 Å². The molecule has 1 rings (SSSR count). The third kappa shape index (κ3) is 10.5. The van der Waals surface area contributed by atoms with Crippen LogP contribution in [0.4, 0.5) is 0 Å². The summed E-state index contributed by atoms with van der Waals surface area (Å²) in [5, 5.41) is 22.3. The van der Waals surface area contributed by atoms with E-state index in [0.717, 1.165) is 42.4 Å². The zero-order valence-corrected chi connectivity index (χ0v) is 18.9. The molecule has 7 nitrogen and oxygen atoms in total. The molecule has 0 aliphatic rings. The molecule has 0 fully saturated rings. The molecule has 1 aromatic carbocycles. The SMILES string of the molecule is C=N/N=C(/C=C/N(O)CNC(C)c1cccc(OCCCN(CC)CC)c1)SC. The number of thioether (sulfide) groups is 1. The first kappa shape index (κ1) is 25.2. The van der Waals surface area contributed by atoms with Gasteiger partial charge in [0.2, 0.25) is 0 Å². The molecule has 0 spiro atoms. The molecule has 0 aliphatic carbocycles. The van der Waals surface area contributed by atoms with Gasteiger partial charge in [0.05, 0.1) is 13.3 Å². The molecule has 162 valence electrons. The average Bonchev–Trinajstić information content (AvgIpc) is 2.75. The lowest BCUT2D eigenvalue weighted by molar-refractivity contribution is -0.0492. The number of ether oxygens (including phenoxy) is 1. The fourth-order valence-corrected chi connectivity index (χ4v) is 2.99. The molecular weight excluding hydrogens is 386 g/mol. The van der Waals surface area contributed by atoms with Crippen molar-refractivity contribution in [2.75, 3.05) is 39.2 Å². The molecule has 0 saturated carbocycles. The molecule has 2 N–H and O–H groups in total. The summed E-state index contributed by atoms with van der Waals surface area (Å²) in [5.41, 5.74) is 1.10. The molecular formula is C21H35N5O2S. The first-order chi connectivity index (χ1) is 14.0. The van der Waals surface area contributed by atoms with E-state index < -0.39 is 0 Å². The Balaban J connectivity index is 2.47. The van der Waals surface area contributed by atoms with Gasteiger partial charge in [-0.15, -0.1) is 16.9 Å². The van der Waals surface area contributed by atoms with Crippen molar-refractivity contribution in [2.24, 2.45) is 10.2 Å². The first-order valence-corrected chi connectivity index (χ1v) is 11.2. The van der Waals surface area contributed by atoms with Crippen molar-refractivity contribution in [3.8, 4) is 5.75 Å². The Hall–Kier alpha value is -1.87. The predicted octanol–water partition coefficient (Wildman–Crippen LogP) is 3.99. The van der Waals surface area contributed by atoms with Crippen molar-refractivity contribution in [3.05, 3.63) is 42.1 Å². The summed E-state index contributed by atoms with van der Waals surface area (Å²) < 4.78 is 5.91. The molecule has 0 saturated heterocycles. The largest absolute Gasteiger partial charge is 0.494 e. The average molecular weight is 422 g/mol. The van der Waals surface area contributed by atoms with Crippen LogP contribution >= 0.6 is 11.8 Å². The molecule has 1 aromatic rings. The lowest BCUT2D eigenvalue weighted by Crippen LogP contribution is -2.30. The van der Waals surface area contributed by atoms with E-state index in [1.54, 1.807) is 6.08 Å². The van der Waals surface area contributed by atoms with Gasteiger partial charge in [-0.3, -0.25) is 15.6 Å². The quantitative estimate of drug-likeness (QED) is 0.156. The summed E-state index contributed by atoms with van der Waals surface area (Å²) in [5.74, 6) is 0.870. The van der Waals surface area contributed by atoms with Crippen molar-refractivity contribution in [2.45, 2.75) is 33.2 Å². The van der Waals surface area contributed by atoms with Gasteiger partial charge in [0, 0.05) is 25.5 Å². The van der Waals surface area contributed by atoms with Crippen LogP contribution in [0.2, 0.25) is 0 Å². The minimum absolute atomic E-state index is 0.0563. The lowest BCUT2D eigenvalue weighted by Gasteiger charge is -2.19. The smallest absolute Gasteiger partial charge is 0.120 e. The topological polar surface area (TPSA) is 72.7 Å². The number of nitrogens with zero attached hydrogens (tertiary/aromatic N) is 4. The fourth-order valence-electron chi connectivity index (χ4n) is 2.65. The van der Waals surface area contributed by atoms with Crippen molar-refractivity contribution in [1.82, 2.24) is 15.3 Å². The van der Waals surface area contributed by atoms with E-state index in [1.165, 1.54) is 18.0 Å². The summed E-state index contributed by atoms with van der Waals surface area (Å²) in [7, 11) is 0. The Morgan fingerprint density at radius 2 is 2.14 bits per heavy atom. The van der Waals surface area contributed by atoms with Crippen LogP contribution in [0, 0.1) is 0 Å². The van der Waals surface area contributed by atoms with E-state index in [4.69, 9.17) is 4.74 Å². The van der Waals surface area contributed by atoms with E-state index in [2.05, 4.69) is 41.0 Å². The van der Waals surface area contributed by atoms with Crippen LogP contribution in [0.3, 0.4) is 0 Å². The number of nitrogens with one attached hydrogen (secondary N) is 1. The van der Waals surface area contributed by atoms with E-state index in [9.17, 15) is 5.21 Å². The second-order valence-electron chi connectivity index (χ2n) is 6.42. The summed E-state index contributed by atoms with van der Waals surface area (Å²) in [4.78, 5) is 2.39. The molecule has 0 bridgehead atoms. The highest BCUT2D eigenvalue weighted by Gasteiger charge is 2.07. The van der Waals surface area contributed by atoms with E-state index in [-0.39, 0.29) is 12.7 Å². The van der Waals surface area contributed by atoms with Crippen LogP contribution < -0.4 is 10.1 Å². The normalized spacial score (nSPS) is 13.1. The number of hydrogen-bond acceptors (Lipinski definition) is 8. The van der Waals surface area contributed by atoms with Gasteiger partial charge in [-0.25, -0.2) is 0 Å². The van der Waals surface area contributed by atoms with Crippen molar-refractivity contribution >= 4 is 23.5 Å². The number of rotatable bonds is 14. The maximum Gasteiger partial charge on any atom is 0.120 e. The summed E-state index contributed by atoms with van der Waals surface area (Å²) in [6.07, 6.45) is 6.11. The van der Waals surface area contributed by atoms with E-state index in [1.807, 2.05) is 37.4 Å². The van der Waals surface area contributed by atoms with Gasteiger partial charge in [0.15, 0.2) is 0 Å². The van der Waals surface area contributed by atoms with Crippen LogP contribution in [-0.4, -0.2) is 66.1 Å². The first-order valence-electron chi connectivity index (χ1n) is 9.93. The Kier molecular flexibility index (Phi) is 13.0. The Morgan fingerprint density at radius 1 is 1.38 bits per heavy atom. The second kappa shape index (κ2) is 15.0. The third-order valence-corrected chi connectivity index (χ3v) is 5.10. The van der Waals surface area contributed by atoms with E-state index in [0.29, 0.717) is 11.7 Å². The second-order valence-corrected chi connectivity index (χ2v) is 7.25. The molecule has 0 aromatic heterocycles. The van der Waals surface area contributed by atoms with Gasteiger partial charge in [0.25, 0.3) is 0 Å². The lowest BCUT2D eigenvalue weighted by atomic mass is 10.1. The molecule has 0 amide bonds. The summed E-state index contributed by atoms with van der Waals surface area (Å²) in [6, 6.07) is 8.12. The number of hydrogen-bond donors (Lipinski definition) is 2. The molecule has 0 aliphatic heterocycles. The zero-order chi connectivity index (χ0) is 21.5. The van der Waals surface area contributed by atoms with E-state index >= 15 is 0 Å². The Labute approximate surface area is 179 Å². The maximum absolute atomic E-state index is 9.99. The molecule has 1 atom stereocenters. The number of hydroxylamine groups is 2. The highest BCUT2D eigenvalue weighted by molar-refractivity contribution is 8.13. The molecule has 1 unspecified atom stereocenters. The Morgan fingerprint density at radius 3 is 2.79 bits per heavy atom. The fraction of sp³-hybridized carbons (Fsp3) is 0.524. The predicted molar refractivity (Wildman–Crippen MR) is 124 cm³/mol. The summed E-state index contributed by atoms with van der Waals surface area (Å²) in [6.45, 7) is 13.9. The van der Waals surface area contributed by atoms with Gasteiger partial charge in [-0.05, 0) is 56.5 Å². The van der Waals surface area contributed by atoms with Crippen LogP contribution in [-0.2, 0) is 0 Å². The molecule has 8 heteroatoms. The third-order valence-electron chi connectivity index (χ3n) is 4.47. The van der Waals surface area contributed by atoms with Gasteiger partial charge in [0.1, 0.15) is 10.8 Å². The van der Waals surface area contributed by atoms with Crippen LogP contribution in [0.25, 0.3) is 0 Å². The van der Waals surface area contributed by atoms with Gasteiger partial charge in [-0.1, -0.05) is 26.0 Å². The van der Waals surface area contributed by atoms with Crippen molar-refractivity contribution < 1.29 is 9.94 Å². The molecule has 29 heavy (non-hydrogen) atoms. The standard InChI is InChI=1S/C21H35N5O2S/c1-6-25(7-2)13-9-15-28-20-11-8-10-19(16-20)18(3)23-17-26(27)14-12-21(29-5)24-22-4/h8,10-12,14,16,18,23,27H,4,6-7,9,13,15,17H2,1-3,5H3/b14-12+,24-21-. The monoisotopic (exact) mass is 421 g/mol. The van der Waals surface area contributed by atoms with Crippen molar-refractivity contribution in [1.29, 1.82) is 0 Å². The Bertz CT molecular complexity index is 650. The van der Waals surface area contributed by atoms with Crippen LogP contribution in [0.1, 0.15) is 38.8 Å². The summed E-state index contributed by atoms with van der Waals surface area (Å²) >= 11 is 1.43. The zero-order valence-electron chi connectivity index (χ0n) is 18.0. The van der Waals surface area contributed by atoms with Gasteiger partial charge >= 0.3 is 0 Å². The number of benzene rings is 1. The highest BCUT2D eigenvalue weighted by atomic mass is 32.2. The van der Waals surface area contributed by atoms with Crippen LogP contribution in [0.5, 0.6) is 5.75 Å². The molecule has 0 heterocycles.